The summed E-state index contributed by atoms with van der Waals surface area (Å²) in [5, 5.41) is 5.10. The second-order valence-corrected chi connectivity index (χ2v) is 15.6. The fourth-order valence-corrected chi connectivity index (χ4v) is 7.70. The Hall–Kier alpha value is -4.01. The SMILES string of the molecule is Cc1cc(-c2cc3c(-c4ccccc4)c(C)ccc3[cH-]2)oc1C.Cc1cc(-c2cc3c(-c4ccccc4)c(C)ccc3[cH-]2)oc1C.[Cl-].[Cl-].[Zr+2]=[C]1CCC1. The number of fused-ring (bicyclic) bond motifs is 2. The quantitative estimate of drug-likeness (QED) is 0.170. The minimum absolute atomic E-state index is 0. The van der Waals surface area contributed by atoms with Gasteiger partial charge in [0.1, 0.15) is 0 Å². The first-order chi connectivity index (χ1) is 24.7. The van der Waals surface area contributed by atoms with Gasteiger partial charge in [0, 0.05) is 0 Å². The molecule has 0 spiro atoms. The van der Waals surface area contributed by atoms with Gasteiger partial charge < -0.3 is 33.6 Å². The molecular formula is C48H44Cl2O2Zr-2. The van der Waals surface area contributed by atoms with Crippen molar-refractivity contribution in [3.63, 3.8) is 0 Å². The first-order valence-electron chi connectivity index (χ1n) is 17.9. The van der Waals surface area contributed by atoms with Crippen LogP contribution in [0.15, 0.2) is 130 Å². The Labute approximate surface area is 341 Å². The summed E-state index contributed by atoms with van der Waals surface area (Å²) < 4.78 is 13.6. The van der Waals surface area contributed by atoms with Crippen LogP contribution in [0.3, 0.4) is 0 Å². The topological polar surface area (TPSA) is 26.3 Å². The predicted molar refractivity (Wildman–Crippen MR) is 213 cm³/mol. The molecular weight excluding hydrogens is 771 g/mol. The normalized spacial score (nSPS) is 11.9. The molecule has 0 unspecified atom stereocenters. The standard InChI is InChI=1S/2C22H19O.C4H6.2ClH.Zr/c2*1-14-9-10-18-12-19(21-11-15(2)16(3)23-21)13-20(18)22(14)17-7-5-4-6-8-17;1-2-4-3-1;;;/h2*4-13H,1-3H3;1-3H2;2*1H;/q2*-1;;;;+2/p-2. The van der Waals surface area contributed by atoms with E-state index in [9.17, 15) is 0 Å². The van der Waals surface area contributed by atoms with Gasteiger partial charge in [0.15, 0.2) is 0 Å². The third-order valence-corrected chi connectivity index (χ3v) is 11.4. The van der Waals surface area contributed by atoms with E-state index in [1.165, 1.54) is 85.3 Å². The summed E-state index contributed by atoms with van der Waals surface area (Å²) >= 11 is 1.67. The van der Waals surface area contributed by atoms with E-state index < -0.39 is 0 Å². The van der Waals surface area contributed by atoms with Crippen molar-refractivity contribution in [2.75, 3.05) is 0 Å². The van der Waals surface area contributed by atoms with E-state index in [4.69, 9.17) is 8.83 Å². The minimum atomic E-state index is 0. The second-order valence-electron chi connectivity index (χ2n) is 13.9. The van der Waals surface area contributed by atoms with Gasteiger partial charge in [-0.3, -0.25) is 0 Å². The van der Waals surface area contributed by atoms with Crippen molar-refractivity contribution < 1.29 is 57.9 Å². The summed E-state index contributed by atoms with van der Waals surface area (Å²) in [6.45, 7) is 12.6. The molecule has 0 aliphatic heterocycles. The van der Waals surface area contributed by atoms with Crippen LogP contribution >= 0.6 is 0 Å². The van der Waals surface area contributed by atoms with E-state index in [0.29, 0.717) is 0 Å². The van der Waals surface area contributed by atoms with E-state index in [1.807, 2.05) is 13.8 Å². The van der Waals surface area contributed by atoms with Crippen molar-refractivity contribution >= 4 is 24.8 Å². The van der Waals surface area contributed by atoms with Crippen LogP contribution in [-0.2, 0) is 24.2 Å². The average Bonchev–Trinajstić information content (AvgIpc) is 3.91. The summed E-state index contributed by atoms with van der Waals surface area (Å²) in [4.78, 5) is 0. The molecule has 2 heterocycles. The Balaban J connectivity index is 0.000000175. The molecule has 53 heavy (non-hydrogen) atoms. The molecule has 8 aromatic rings. The van der Waals surface area contributed by atoms with Crippen LogP contribution in [-0.4, -0.2) is 3.21 Å². The zero-order chi connectivity index (χ0) is 35.6. The maximum absolute atomic E-state index is 5.91. The summed E-state index contributed by atoms with van der Waals surface area (Å²) in [5.41, 5.74) is 12.5. The van der Waals surface area contributed by atoms with Crippen LogP contribution in [0, 0.1) is 41.5 Å². The molecule has 0 atom stereocenters. The Morgan fingerprint density at radius 1 is 0.491 bits per heavy atom. The maximum atomic E-state index is 5.91. The number of furan rings is 2. The van der Waals surface area contributed by atoms with E-state index in [0.717, 1.165) is 34.2 Å². The molecule has 1 fully saturated rings. The molecule has 0 radical (unpaired) electrons. The molecule has 0 saturated heterocycles. The molecule has 268 valence electrons. The zero-order valence-corrected chi connectivity index (χ0v) is 35.2. The van der Waals surface area contributed by atoms with Crippen molar-refractivity contribution in [2.24, 2.45) is 0 Å². The van der Waals surface area contributed by atoms with Crippen LogP contribution in [0.25, 0.3) is 66.4 Å². The molecule has 1 aliphatic carbocycles. The number of hydrogen-bond donors (Lipinski definition) is 0. The monoisotopic (exact) mass is 812 g/mol. The molecule has 1 saturated carbocycles. The fourth-order valence-electron chi connectivity index (χ4n) is 6.83. The summed E-state index contributed by atoms with van der Waals surface area (Å²) in [6.07, 6.45) is 4.36. The van der Waals surface area contributed by atoms with Crippen LogP contribution in [0.4, 0.5) is 0 Å². The van der Waals surface area contributed by atoms with Crippen LogP contribution in [0.2, 0.25) is 0 Å². The van der Waals surface area contributed by atoms with E-state index >= 15 is 0 Å². The molecule has 0 N–H and O–H groups in total. The average molecular weight is 815 g/mol. The Kier molecular flexibility index (Phi) is 13.2. The van der Waals surface area contributed by atoms with Crippen molar-refractivity contribution in [1.29, 1.82) is 0 Å². The molecule has 0 amide bonds. The van der Waals surface area contributed by atoms with Gasteiger partial charge in [0.2, 0.25) is 0 Å². The summed E-state index contributed by atoms with van der Waals surface area (Å²) in [7, 11) is 0. The van der Waals surface area contributed by atoms with Gasteiger partial charge in [0.25, 0.3) is 0 Å². The van der Waals surface area contributed by atoms with Gasteiger partial charge in [-0.1, -0.05) is 95.1 Å². The number of halogens is 2. The predicted octanol–water partition coefficient (Wildman–Crippen LogP) is 7.72. The van der Waals surface area contributed by atoms with Crippen LogP contribution in [0.1, 0.15) is 53.0 Å². The fraction of sp³-hybridized carbons (Fsp3) is 0.188. The van der Waals surface area contributed by atoms with E-state index in [1.54, 1.807) is 27.4 Å². The summed E-state index contributed by atoms with van der Waals surface area (Å²) in [5.74, 6) is 3.88. The van der Waals surface area contributed by atoms with E-state index in [-0.39, 0.29) is 24.8 Å². The van der Waals surface area contributed by atoms with Gasteiger partial charge in [0.05, 0.1) is 23.0 Å². The van der Waals surface area contributed by atoms with E-state index in [2.05, 4.69) is 149 Å². The molecule has 2 nitrogen and oxygen atoms in total. The number of benzene rings is 4. The van der Waals surface area contributed by atoms with Crippen molar-refractivity contribution in [3.05, 3.63) is 155 Å². The molecule has 0 bridgehead atoms. The molecule has 2 aromatic heterocycles. The number of hydrogen-bond acceptors (Lipinski definition) is 2. The third-order valence-electron chi connectivity index (χ3n) is 10.2. The van der Waals surface area contributed by atoms with Crippen molar-refractivity contribution in [3.8, 4) is 44.9 Å². The van der Waals surface area contributed by atoms with Gasteiger partial charge in [-0.15, -0.1) is 57.9 Å². The molecule has 5 heteroatoms. The molecule has 1 aliphatic rings. The number of rotatable bonds is 4. The van der Waals surface area contributed by atoms with Crippen molar-refractivity contribution in [1.82, 2.24) is 0 Å². The first-order valence-corrected chi connectivity index (χ1v) is 19.1. The third kappa shape index (κ3) is 8.71. The Morgan fingerprint density at radius 2 is 0.868 bits per heavy atom. The summed E-state index contributed by atoms with van der Waals surface area (Å²) in [6, 6.07) is 43.2. The van der Waals surface area contributed by atoms with Gasteiger partial charge in [-0.05, 0) is 87.1 Å². The van der Waals surface area contributed by atoms with Gasteiger partial charge in [-0.2, -0.15) is 0 Å². The molecule has 6 aromatic carbocycles. The first kappa shape index (κ1) is 40.2. The second kappa shape index (κ2) is 17.4. The van der Waals surface area contributed by atoms with Crippen LogP contribution in [0.5, 0.6) is 0 Å². The van der Waals surface area contributed by atoms with Gasteiger partial charge >= 0.3 is 46.7 Å². The Bertz CT molecular complexity index is 2260. The van der Waals surface area contributed by atoms with Gasteiger partial charge in [-0.25, -0.2) is 0 Å². The van der Waals surface area contributed by atoms with Crippen molar-refractivity contribution in [2.45, 2.75) is 60.8 Å². The zero-order valence-electron chi connectivity index (χ0n) is 31.2. The van der Waals surface area contributed by atoms with Crippen LogP contribution < -0.4 is 24.8 Å². The Morgan fingerprint density at radius 3 is 1.17 bits per heavy atom. The molecule has 9 rings (SSSR count). The number of aryl methyl sites for hydroxylation is 6.